The fourth-order valence-corrected chi connectivity index (χ4v) is 1.54. The van der Waals surface area contributed by atoms with Gasteiger partial charge in [0.25, 0.3) is 0 Å². The maximum Gasteiger partial charge on any atom is 0.0925 e. The topological polar surface area (TPSA) is 9.23 Å². The Morgan fingerprint density at radius 3 is 3.22 bits per heavy atom. The lowest BCUT2D eigenvalue weighted by atomic mass is 10.2. The molecule has 1 heterocycles. The second kappa shape index (κ2) is 3.96. The van der Waals surface area contributed by atoms with Crippen molar-refractivity contribution in [3.05, 3.63) is 19.1 Å². The van der Waals surface area contributed by atoms with Gasteiger partial charge in [-0.2, -0.15) is 0 Å². The molecule has 0 aliphatic carbocycles. The highest BCUT2D eigenvalue weighted by atomic mass is 32.2. The maximum atomic E-state index is 5.15. The first-order chi connectivity index (χ1) is 4.43. The van der Waals surface area contributed by atoms with Crippen LogP contribution in [-0.2, 0) is 4.74 Å². The Bertz CT molecular complexity index is 86.9. The van der Waals surface area contributed by atoms with Gasteiger partial charge in [0.05, 0.1) is 12.5 Å². The Morgan fingerprint density at radius 2 is 2.67 bits per heavy atom. The van der Waals surface area contributed by atoms with Crippen LogP contribution in [0.3, 0.4) is 0 Å². The Kier molecular flexibility index (Phi) is 3.15. The number of hydrogen-bond donors (Lipinski definition) is 0. The van der Waals surface area contributed by atoms with Gasteiger partial charge in [0.15, 0.2) is 0 Å². The van der Waals surface area contributed by atoms with E-state index in [1.54, 1.807) is 0 Å². The molecule has 9 heavy (non-hydrogen) atoms. The molecular formula is C7H11OS. The highest BCUT2D eigenvalue weighted by molar-refractivity contribution is 8.00. The molecule has 1 nitrogen and oxygen atoms in total. The minimum atomic E-state index is 0.614. The molecule has 0 amide bonds. The van der Waals surface area contributed by atoms with Gasteiger partial charge in [-0.3, -0.25) is 0 Å². The summed E-state index contributed by atoms with van der Waals surface area (Å²) in [5.74, 6) is 0.859. The van der Waals surface area contributed by atoms with Crippen molar-refractivity contribution in [3.63, 3.8) is 0 Å². The molecule has 0 aromatic rings. The van der Waals surface area contributed by atoms with E-state index < -0.39 is 0 Å². The third kappa shape index (κ3) is 2.41. The summed E-state index contributed by atoms with van der Waals surface area (Å²) in [6, 6.07) is 0. The van der Waals surface area contributed by atoms with Crippen molar-refractivity contribution in [2.45, 2.75) is 11.7 Å². The van der Waals surface area contributed by atoms with Gasteiger partial charge in [0.1, 0.15) is 0 Å². The van der Waals surface area contributed by atoms with Gasteiger partial charge in [-0.15, -0.1) is 18.3 Å². The third-order valence-corrected chi connectivity index (χ3v) is 2.27. The molecule has 1 unspecified atom stereocenters. The Balaban J connectivity index is 2.04. The highest BCUT2D eigenvalue weighted by Gasteiger charge is 2.14. The third-order valence-electron chi connectivity index (χ3n) is 1.21. The molecule has 1 rings (SSSR count). The second-order valence-electron chi connectivity index (χ2n) is 1.95. The van der Waals surface area contributed by atoms with Crippen molar-refractivity contribution in [2.24, 2.45) is 0 Å². The van der Waals surface area contributed by atoms with Crippen LogP contribution in [0.15, 0.2) is 12.7 Å². The number of thioether (sulfide) groups is 1. The van der Waals surface area contributed by atoms with Gasteiger partial charge < -0.3 is 4.74 Å². The van der Waals surface area contributed by atoms with Crippen molar-refractivity contribution in [2.75, 3.05) is 12.5 Å². The molecule has 1 atom stereocenters. The lowest BCUT2D eigenvalue weighted by Gasteiger charge is -2.00. The summed E-state index contributed by atoms with van der Waals surface area (Å²) in [7, 11) is 0. The zero-order valence-corrected chi connectivity index (χ0v) is 6.19. The first-order valence-electron chi connectivity index (χ1n) is 3.07. The summed E-state index contributed by atoms with van der Waals surface area (Å²) in [6.07, 6.45) is 5.16. The smallest absolute Gasteiger partial charge is 0.0925 e. The van der Waals surface area contributed by atoms with Crippen LogP contribution < -0.4 is 0 Å². The summed E-state index contributed by atoms with van der Waals surface area (Å²) in [6.45, 7) is 4.53. The summed E-state index contributed by atoms with van der Waals surface area (Å²) < 4.78 is 5.15. The first kappa shape index (κ1) is 7.16. The Hall–Kier alpha value is 0.0500. The molecule has 51 valence electrons. The van der Waals surface area contributed by atoms with Crippen LogP contribution in [0.4, 0.5) is 0 Å². The van der Waals surface area contributed by atoms with E-state index in [2.05, 4.69) is 13.0 Å². The monoisotopic (exact) mass is 143 g/mol. The van der Waals surface area contributed by atoms with Gasteiger partial charge in [-0.25, -0.2) is 0 Å². The molecule has 0 bridgehead atoms. The van der Waals surface area contributed by atoms with Crippen LogP contribution in [0.2, 0.25) is 0 Å². The average Bonchev–Trinajstić information content (AvgIpc) is 2.34. The van der Waals surface area contributed by atoms with Gasteiger partial charge in [-0.05, 0) is 12.8 Å². The van der Waals surface area contributed by atoms with Gasteiger partial charge in [-0.1, -0.05) is 6.08 Å². The van der Waals surface area contributed by atoms with E-state index in [0.29, 0.717) is 5.25 Å². The second-order valence-corrected chi connectivity index (χ2v) is 3.13. The van der Waals surface area contributed by atoms with E-state index in [9.17, 15) is 0 Å². The van der Waals surface area contributed by atoms with Crippen molar-refractivity contribution in [1.29, 1.82) is 0 Å². The molecule has 2 heteroatoms. The molecule has 1 radical (unpaired) electrons. The van der Waals surface area contributed by atoms with Crippen LogP contribution in [-0.4, -0.2) is 17.8 Å². The zero-order chi connectivity index (χ0) is 6.53. The van der Waals surface area contributed by atoms with Gasteiger partial charge in [0.2, 0.25) is 0 Å². The molecule has 0 aromatic heterocycles. The van der Waals surface area contributed by atoms with E-state index >= 15 is 0 Å². The van der Waals surface area contributed by atoms with Crippen molar-refractivity contribution in [3.8, 4) is 0 Å². The van der Waals surface area contributed by atoms with Crippen LogP contribution in [0.5, 0.6) is 0 Å². The number of ether oxygens (including phenoxy) is 1. The molecule has 0 aromatic carbocycles. The molecule has 1 aliphatic heterocycles. The zero-order valence-electron chi connectivity index (χ0n) is 5.38. The van der Waals surface area contributed by atoms with E-state index in [1.165, 1.54) is 0 Å². The van der Waals surface area contributed by atoms with Gasteiger partial charge >= 0.3 is 0 Å². The molecule has 0 N–H and O–H groups in total. The lowest BCUT2D eigenvalue weighted by Crippen LogP contribution is -2.02. The van der Waals surface area contributed by atoms with Crippen LogP contribution in [0, 0.1) is 6.42 Å². The molecule has 0 spiro atoms. The van der Waals surface area contributed by atoms with E-state index in [0.717, 1.165) is 19.0 Å². The minimum Gasteiger partial charge on any atom is -0.370 e. The normalized spacial score (nSPS) is 26.4. The summed E-state index contributed by atoms with van der Waals surface area (Å²) in [5.41, 5.74) is 0. The highest BCUT2D eigenvalue weighted by Crippen LogP contribution is 2.22. The quantitative estimate of drug-likeness (QED) is 0.558. The predicted molar refractivity (Wildman–Crippen MR) is 41.3 cm³/mol. The minimum absolute atomic E-state index is 0.614. The largest absolute Gasteiger partial charge is 0.370 e. The van der Waals surface area contributed by atoms with Crippen LogP contribution in [0.25, 0.3) is 0 Å². The fourth-order valence-electron chi connectivity index (χ4n) is 0.732. The van der Waals surface area contributed by atoms with E-state index in [1.807, 2.05) is 17.8 Å². The van der Waals surface area contributed by atoms with Gasteiger partial charge in [0, 0.05) is 5.25 Å². The average molecular weight is 143 g/mol. The van der Waals surface area contributed by atoms with E-state index in [4.69, 9.17) is 4.74 Å². The van der Waals surface area contributed by atoms with Crippen molar-refractivity contribution >= 4 is 11.8 Å². The van der Waals surface area contributed by atoms with Crippen molar-refractivity contribution < 1.29 is 4.74 Å². The first-order valence-corrected chi connectivity index (χ1v) is 4.12. The fraction of sp³-hybridized carbons (Fsp3) is 0.571. The van der Waals surface area contributed by atoms with Crippen LogP contribution >= 0.6 is 11.8 Å². The molecule has 1 saturated heterocycles. The molecular weight excluding hydrogens is 132 g/mol. The standard InChI is InChI=1S/C7H11OS/c1-2-3-4-7-5-8-6-9-7/h2,4,7H,1,3,5-6H2. The Morgan fingerprint density at radius 1 is 1.78 bits per heavy atom. The SMILES string of the molecule is C=CC[CH]C1COCS1. The van der Waals surface area contributed by atoms with Crippen LogP contribution in [0.1, 0.15) is 6.42 Å². The molecule has 1 fully saturated rings. The van der Waals surface area contributed by atoms with Crippen molar-refractivity contribution in [1.82, 2.24) is 0 Å². The number of allylic oxidation sites excluding steroid dienone is 1. The summed E-state index contributed by atoms with van der Waals surface area (Å²) in [5, 5.41) is 0.614. The lowest BCUT2D eigenvalue weighted by molar-refractivity contribution is 0.207. The predicted octanol–water partition coefficient (Wildman–Crippen LogP) is 1.86. The van der Waals surface area contributed by atoms with E-state index in [-0.39, 0.29) is 0 Å². The summed E-state index contributed by atoms with van der Waals surface area (Å²) >= 11 is 1.86. The molecule has 1 aliphatic rings. The molecule has 0 saturated carbocycles. The maximum absolute atomic E-state index is 5.15. The Labute approximate surface area is 60.5 Å². The number of hydrogen-bond acceptors (Lipinski definition) is 2. The number of rotatable bonds is 3. The summed E-state index contributed by atoms with van der Waals surface area (Å²) in [4.78, 5) is 0.